The first kappa shape index (κ1) is 18.5. The van der Waals surface area contributed by atoms with Crippen molar-refractivity contribution in [1.29, 1.82) is 0 Å². The van der Waals surface area contributed by atoms with Crippen molar-refractivity contribution in [3.8, 4) is 0 Å². The number of nitrogens with zero attached hydrogens (tertiary/aromatic N) is 2. The quantitative estimate of drug-likeness (QED) is 0.704. The van der Waals surface area contributed by atoms with Crippen molar-refractivity contribution in [3.63, 3.8) is 0 Å². The van der Waals surface area contributed by atoms with Gasteiger partial charge in [-0.25, -0.2) is 9.78 Å². The number of benzene rings is 1. The highest BCUT2D eigenvalue weighted by Gasteiger charge is 2.55. The van der Waals surface area contributed by atoms with E-state index in [1.807, 2.05) is 38.1 Å². The van der Waals surface area contributed by atoms with Crippen LogP contribution in [-0.2, 0) is 9.59 Å². The molecule has 8 nitrogen and oxygen atoms in total. The van der Waals surface area contributed by atoms with Crippen molar-refractivity contribution >= 4 is 28.9 Å². The van der Waals surface area contributed by atoms with E-state index in [1.54, 1.807) is 0 Å². The molecule has 3 atom stereocenters. The van der Waals surface area contributed by atoms with Gasteiger partial charge < -0.3 is 15.6 Å². The second-order valence-corrected chi connectivity index (χ2v) is 7.87. The van der Waals surface area contributed by atoms with Crippen LogP contribution in [0.25, 0.3) is 11.0 Å². The van der Waals surface area contributed by atoms with Gasteiger partial charge in [0.15, 0.2) is 0 Å². The molecule has 3 unspecified atom stereocenters. The van der Waals surface area contributed by atoms with E-state index < -0.39 is 17.5 Å². The third-order valence-corrected chi connectivity index (χ3v) is 6.00. The highest BCUT2D eigenvalue weighted by molar-refractivity contribution is 6.09. The molecule has 4 rings (SSSR count). The van der Waals surface area contributed by atoms with Crippen LogP contribution in [-0.4, -0.2) is 44.8 Å². The van der Waals surface area contributed by atoms with Gasteiger partial charge in [-0.05, 0) is 37.8 Å². The van der Waals surface area contributed by atoms with E-state index in [9.17, 15) is 14.4 Å². The number of aromatic amines is 1. The van der Waals surface area contributed by atoms with Gasteiger partial charge in [-0.1, -0.05) is 31.9 Å². The molecule has 1 aliphatic heterocycles. The SMILES string of the molecule is CC(NC(=O)CN1C(=O)NC2(CCCCC2C)C1=O)c1nc2ccccc2[nH]1. The molecule has 1 spiro atoms. The number of hydrogen-bond acceptors (Lipinski definition) is 4. The molecule has 8 heteroatoms. The smallest absolute Gasteiger partial charge is 0.325 e. The zero-order chi connectivity index (χ0) is 19.9. The van der Waals surface area contributed by atoms with Crippen LogP contribution in [0.5, 0.6) is 0 Å². The number of imide groups is 1. The largest absolute Gasteiger partial charge is 0.345 e. The molecule has 4 amide bonds. The Hall–Kier alpha value is -2.90. The molecule has 1 aromatic carbocycles. The average molecular weight is 383 g/mol. The van der Waals surface area contributed by atoms with E-state index in [2.05, 4.69) is 20.6 Å². The standard InChI is InChI=1S/C20H25N5O3/c1-12-7-5-6-10-20(12)18(27)25(19(28)24-20)11-16(26)21-13(2)17-22-14-8-3-4-9-15(14)23-17/h3-4,8-9,12-13H,5-7,10-11H2,1-2H3,(H,21,26)(H,22,23)(H,24,28). The highest BCUT2D eigenvalue weighted by atomic mass is 16.2. The Morgan fingerprint density at radius 1 is 1.36 bits per heavy atom. The van der Waals surface area contributed by atoms with E-state index in [4.69, 9.17) is 0 Å². The third-order valence-electron chi connectivity index (χ3n) is 6.00. The van der Waals surface area contributed by atoms with Crippen LogP contribution in [0.2, 0.25) is 0 Å². The fraction of sp³-hybridized carbons (Fsp3) is 0.500. The summed E-state index contributed by atoms with van der Waals surface area (Å²) in [5.41, 5.74) is 0.863. The Labute approximate surface area is 163 Å². The number of carbonyl (C=O) groups excluding carboxylic acids is 3. The fourth-order valence-electron chi connectivity index (χ4n) is 4.32. The molecule has 1 saturated carbocycles. The van der Waals surface area contributed by atoms with Crippen LogP contribution < -0.4 is 10.6 Å². The Balaban J connectivity index is 1.43. The van der Waals surface area contributed by atoms with Crippen LogP contribution in [0.4, 0.5) is 4.79 Å². The maximum absolute atomic E-state index is 13.0. The predicted octanol–water partition coefficient (Wildman–Crippen LogP) is 2.24. The molecule has 1 saturated heterocycles. The van der Waals surface area contributed by atoms with E-state index in [-0.39, 0.29) is 24.4 Å². The van der Waals surface area contributed by atoms with Gasteiger partial charge in [-0.2, -0.15) is 0 Å². The summed E-state index contributed by atoms with van der Waals surface area (Å²) in [5.74, 6) is 0.0255. The summed E-state index contributed by atoms with van der Waals surface area (Å²) in [6.07, 6.45) is 3.49. The van der Waals surface area contributed by atoms with Crippen molar-refractivity contribution in [3.05, 3.63) is 30.1 Å². The molecule has 28 heavy (non-hydrogen) atoms. The first-order chi connectivity index (χ1) is 13.4. The lowest BCUT2D eigenvalue weighted by Gasteiger charge is -2.36. The zero-order valence-corrected chi connectivity index (χ0v) is 16.1. The number of fused-ring (bicyclic) bond motifs is 1. The minimum atomic E-state index is -0.847. The molecular weight excluding hydrogens is 358 g/mol. The topological polar surface area (TPSA) is 107 Å². The summed E-state index contributed by atoms with van der Waals surface area (Å²) in [5, 5.41) is 5.69. The lowest BCUT2D eigenvalue weighted by Crippen LogP contribution is -2.54. The van der Waals surface area contributed by atoms with E-state index in [0.29, 0.717) is 12.2 Å². The molecule has 1 aliphatic carbocycles. The first-order valence-corrected chi connectivity index (χ1v) is 9.79. The molecule has 3 N–H and O–H groups in total. The van der Waals surface area contributed by atoms with Crippen LogP contribution in [0, 0.1) is 5.92 Å². The molecule has 0 bridgehead atoms. The van der Waals surface area contributed by atoms with Crippen LogP contribution in [0.3, 0.4) is 0 Å². The van der Waals surface area contributed by atoms with Gasteiger partial charge in [0.05, 0.1) is 17.1 Å². The van der Waals surface area contributed by atoms with E-state index >= 15 is 0 Å². The molecule has 1 aromatic heterocycles. The molecule has 2 aromatic rings. The van der Waals surface area contributed by atoms with E-state index in [0.717, 1.165) is 35.2 Å². The number of aromatic nitrogens is 2. The maximum Gasteiger partial charge on any atom is 0.325 e. The maximum atomic E-state index is 13.0. The summed E-state index contributed by atoms with van der Waals surface area (Å²) in [4.78, 5) is 46.6. The number of carbonyl (C=O) groups is 3. The van der Waals surface area contributed by atoms with Crippen LogP contribution >= 0.6 is 0 Å². The van der Waals surface area contributed by atoms with Crippen molar-refractivity contribution in [2.45, 2.75) is 51.1 Å². The minimum absolute atomic E-state index is 0.0697. The third kappa shape index (κ3) is 3.02. The minimum Gasteiger partial charge on any atom is -0.345 e. The number of imidazole rings is 1. The lowest BCUT2D eigenvalue weighted by molar-refractivity contribution is -0.137. The van der Waals surface area contributed by atoms with Gasteiger partial charge in [0.25, 0.3) is 5.91 Å². The van der Waals surface area contributed by atoms with Crippen molar-refractivity contribution in [2.75, 3.05) is 6.54 Å². The Morgan fingerprint density at radius 3 is 2.89 bits per heavy atom. The summed E-state index contributed by atoms with van der Waals surface area (Å²) < 4.78 is 0. The second kappa shape index (κ2) is 6.92. The van der Waals surface area contributed by atoms with Crippen molar-refractivity contribution < 1.29 is 14.4 Å². The Morgan fingerprint density at radius 2 is 2.14 bits per heavy atom. The molecule has 148 valence electrons. The molecule has 2 heterocycles. The number of rotatable bonds is 4. The van der Waals surface area contributed by atoms with Crippen molar-refractivity contribution in [1.82, 2.24) is 25.5 Å². The second-order valence-electron chi connectivity index (χ2n) is 7.87. The van der Waals surface area contributed by atoms with Crippen molar-refractivity contribution in [2.24, 2.45) is 5.92 Å². The fourth-order valence-corrected chi connectivity index (χ4v) is 4.32. The normalized spacial score (nSPS) is 25.9. The van der Waals surface area contributed by atoms with Gasteiger partial charge in [-0.3, -0.25) is 14.5 Å². The number of urea groups is 1. The van der Waals surface area contributed by atoms with Gasteiger partial charge in [0.2, 0.25) is 5.91 Å². The number of H-pyrrole nitrogens is 1. The van der Waals surface area contributed by atoms with E-state index in [1.165, 1.54) is 0 Å². The molecular formula is C20H25N5O3. The zero-order valence-electron chi connectivity index (χ0n) is 16.1. The molecule has 0 radical (unpaired) electrons. The average Bonchev–Trinajstić information content (AvgIpc) is 3.20. The number of para-hydroxylation sites is 2. The summed E-state index contributed by atoms with van der Waals surface area (Å²) in [7, 11) is 0. The van der Waals surface area contributed by atoms with Crippen LogP contribution in [0.1, 0.15) is 51.4 Å². The molecule has 2 aliphatic rings. The summed E-state index contributed by atoms with van der Waals surface area (Å²) >= 11 is 0. The monoisotopic (exact) mass is 383 g/mol. The highest BCUT2D eigenvalue weighted by Crippen LogP contribution is 2.38. The van der Waals surface area contributed by atoms with Gasteiger partial charge in [0, 0.05) is 0 Å². The summed E-state index contributed by atoms with van der Waals surface area (Å²) in [6.45, 7) is 3.51. The van der Waals surface area contributed by atoms with Crippen LogP contribution in [0.15, 0.2) is 24.3 Å². The number of nitrogens with one attached hydrogen (secondary N) is 3. The number of hydrogen-bond donors (Lipinski definition) is 3. The van der Waals surface area contributed by atoms with Gasteiger partial charge >= 0.3 is 6.03 Å². The first-order valence-electron chi connectivity index (χ1n) is 9.79. The van der Waals surface area contributed by atoms with Gasteiger partial charge in [0.1, 0.15) is 17.9 Å². The predicted molar refractivity (Wildman–Crippen MR) is 103 cm³/mol. The number of amides is 4. The van der Waals surface area contributed by atoms with Gasteiger partial charge in [-0.15, -0.1) is 0 Å². The Kier molecular flexibility index (Phi) is 4.56. The summed E-state index contributed by atoms with van der Waals surface area (Å²) in [6, 6.07) is 6.76. The lowest BCUT2D eigenvalue weighted by atomic mass is 9.73. The Bertz CT molecular complexity index is 906. The molecule has 2 fully saturated rings.